The van der Waals surface area contributed by atoms with Gasteiger partial charge in [-0.25, -0.2) is 4.68 Å². The number of benzene rings is 2. The second kappa shape index (κ2) is 9.01. The Morgan fingerprint density at radius 1 is 1.29 bits per heavy atom. The van der Waals surface area contributed by atoms with Crippen LogP contribution in [0.2, 0.25) is 10.0 Å². The van der Waals surface area contributed by atoms with Crippen molar-refractivity contribution < 1.29 is 9.72 Å². The average molecular weight is 473 g/mol. The first kappa shape index (κ1) is 20.7. The molecular weight excluding hydrogens is 463 g/mol. The molecule has 0 radical (unpaired) electrons. The van der Waals surface area contributed by atoms with E-state index in [9.17, 15) is 14.9 Å². The second-order valence-corrected chi connectivity index (χ2v) is 8.97. The van der Waals surface area contributed by atoms with Crippen LogP contribution < -0.4 is 5.32 Å². The number of nitrogens with one attached hydrogen (secondary N) is 1. The number of carbonyl (C=O) groups is 1. The van der Waals surface area contributed by atoms with E-state index in [1.54, 1.807) is 28.9 Å². The number of carbonyl (C=O) groups excluding carboxylic acids is 1. The van der Waals surface area contributed by atoms with E-state index in [0.717, 1.165) is 5.69 Å². The third kappa shape index (κ3) is 5.09. The van der Waals surface area contributed by atoms with E-state index in [1.165, 1.54) is 41.3 Å². The molecule has 0 aliphatic heterocycles. The minimum atomic E-state index is -0.608. The molecule has 0 aliphatic carbocycles. The van der Waals surface area contributed by atoms with Crippen molar-refractivity contribution in [1.29, 1.82) is 0 Å². The Hall–Kier alpha value is -1.98. The molecule has 12 heteroatoms. The van der Waals surface area contributed by atoms with Crippen LogP contribution in [0.25, 0.3) is 5.69 Å². The monoisotopic (exact) mass is 472 g/mol. The topological polar surface area (TPSA) is 90.1 Å². The summed E-state index contributed by atoms with van der Waals surface area (Å²) in [4.78, 5) is 22.5. The molecule has 0 atom stereocenters. The maximum atomic E-state index is 12.1. The lowest BCUT2D eigenvalue weighted by atomic mass is 10.3. The third-order valence-corrected chi connectivity index (χ3v) is 6.29. The molecule has 1 amide bonds. The standard InChI is InChI=1S/C16H10Cl2N4O3S3/c17-9-1-4-11(5-2-9)21-16(26)28-15(20-21)27-8-14(23)19-10-3-6-12(18)13(7-10)22(24)25/h1-7H,8H2,(H,19,23). The molecule has 0 unspecified atom stereocenters. The first-order valence-corrected chi connectivity index (χ1v) is 10.5. The minimum Gasteiger partial charge on any atom is -0.325 e. The molecule has 28 heavy (non-hydrogen) atoms. The maximum Gasteiger partial charge on any atom is 0.289 e. The molecule has 2 aromatic carbocycles. The Morgan fingerprint density at radius 2 is 2.00 bits per heavy atom. The summed E-state index contributed by atoms with van der Waals surface area (Å²) in [6, 6.07) is 11.1. The van der Waals surface area contributed by atoms with E-state index in [0.29, 0.717) is 19.0 Å². The Morgan fingerprint density at radius 3 is 2.68 bits per heavy atom. The Balaban J connectivity index is 1.65. The van der Waals surface area contributed by atoms with Crippen LogP contribution in [0.4, 0.5) is 11.4 Å². The number of halogens is 2. The Labute approximate surface area is 182 Å². The molecule has 0 aliphatic rings. The highest BCUT2D eigenvalue weighted by atomic mass is 35.5. The molecule has 0 spiro atoms. The van der Waals surface area contributed by atoms with E-state index in [1.807, 2.05) is 0 Å². The van der Waals surface area contributed by atoms with Gasteiger partial charge in [0.15, 0.2) is 8.29 Å². The summed E-state index contributed by atoms with van der Waals surface area (Å²) in [5.41, 5.74) is 0.795. The van der Waals surface area contributed by atoms with Gasteiger partial charge < -0.3 is 5.32 Å². The minimum absolute atomic E-state index is 0.00453. The summed E-state index contributed by atoms with van der Waals surface area (Å²) in [5, 5.41) is 18.5. The second-order valence-electron chi connectivity index (χ2n) is 5.28. The highest BCUT2D eigenvalue weighted by Gasteiger charge is 2.15. The van der Waals surface area contributed by atoms with Gasteiger partial charge in [-0.3, -0.25) is 14.9 Å². The number of hydrogen-bond acceptors (Lipinski definition) is 7. The SMILES string of the molecule is O=C(CSc1nn(-c2ccc(Cl)cc2)c(=S)s1)Nc1ccc(Cl)c([N+](=O)[O-])c1. The predicted octanol–water partition coefficient (Wildman–Crippen LogP) is 5.61. The summed E-state index contributed by atoms with van der Waals surface area (Å²) in [7, 11) is 0. The third-order valence-electron chi connectivity index (χ3n) is 3.35. The zero-order valence-corrected chi connectivity index (χ0v) is 17.8. The molecule has 1 aromatic heterocycles. The maximum absolute atomic E-state index is 12.1. The van der Waals surface area contributed by atoms with Crippen LogP contribution in [0.3, 0.4) is 0 Å². The van der Waals surface area contributed by atoms with Crippen molar-refractivity contribution in [2.45, 2.75) is 4.34 Å². The van der Waals surface area contributed by atoms with Crippen molar-refractivity contribution in [2.75, 3.05) is 11.1 Å². The quantitative estimate of drug-likeness (QED) is 0.217. The molecule has 0 saturated heterocycles. The molecule has 0 saturated carbocycles. The van der Waals surface area contributed by atoms with Crippen LogP contribution in [-0.4, -0.2) is 26.4 Å². The number of nitro groups is 1. The number of amides is 1. The summed E-state index contributed by atoms with van der Waals surface area (Å²) >= 11 is 19.5. The number of hydrogen-bond donors (Lipinski definition) is 1. The fourth-order valence-electron chi connectivity index (χ4n) is 2.12. The first-order valence-electron chi connectivity index (χ1n) is 7.56. The van der Waals surface area contributed by atoms with Crippen LogP contribution in [0, 0.1) is 14.1 Å². The fraction of sp³-hybridized carbons (Fsp3) is 0.0625. The summed E-state index contributed by atoms with van der Waals surface area (Å²) in [6.07, 6.45) is 0. The molecule has 144 valence electrons. The molecule has 3 rings (SSSR count). The number of nitro benzene ring substituents is 1. The predicted molar refractivity (Wildman–Crippen MR) is 115 cm³/mol. The fourth-order valence-corrected chi connectivity index (χ4v) is 4.59. The zero-order valence-electron chi connectivity index (χ0n) is 13.8. The number of rotatable bonds is 6. The van der Waals surface area contributed by atoms with Crippen molar-refractivity contribution in [3.63, 3.8) is 0 Å². The van der Waals surface area contributed by atoms with Crippen molar-refractivity contribution >= 4 is 75.8 Å². The number of thioether (sulfide) groups is 1. The highest BCUT2D eigenvalue weighted by Crippen LogP contribution is 2.28. The van der Waals surface area contributed by atoms with Crippen LogP contribution in [0.15, 0.2) is 46.8 Å². The van der Waals surface area contributed by atoms with Gasteiger partial charge in [-0.15, -0.1) is 5.10 Å². The van der Waals surface area contributed by atoms with Crippen LogP contribution >= 0.6 is 58.5 Å². The summed E-state index contributed by atoms with van der Waals surface area (Å²) < 4.78 is 2.76. The number of anilines is 1. The molecular formula is C16H10Cl2N4O3S3. The normalized spacial score (nSPS) is 10.6. The van der Waals surface area contributed by atoms with Gasteiger partial charge in [-0.2, -0.15) is 0 Å². The molecule has 7 nitrogen and oxygen atoms in total. The van der Waals surface area contributed by atoms with Crippen molar-refractivity contribution in [2.24, 2.45) is 0 Å². The summed E-state index contributed by atoms with van der Waals surface area (Å²) in [6.45, 7) is 0. The van der Waals surface area contributed by atoms with E-state index < -0.39 is 4.92 Å². The zero-order chi connectivity index (χ0) is 20.3. The Bertz CT molecular complexity index is 1100. The smallest absolute Gasteiger partial charge is 0.289 e. The van der Waals surface area contributed by atoms with Crippen LogP contribution in [0.1, 0.15) is 0 Å². The van der Waals surface area contributed by atoms with Gasteiger partial charge in [-0.05, 0) is 48.6 Å². The molecule has 1 N–H and O–H groups in total. The van der Waals surface area contributed by atoms with Gasteiger partial charge in [0.1, 0.15) is 5.02 Å². The van der Waals surface area contributed by atoms with Crippen molar-refractivity contribution in [3.8, 4) is 5.69 Å². The molecule has 1 heterocycles. The lowest BCUT2D eigenvalue weighted by Gasteiger charge is -2.05. The van der Waals surface area contributed by atoms with E-state index in [4.69, 9.17) is 35.4 Å². The average Bonchev–Trinajstić information content (AvgIpc) is 3.03. The number of aromatic nitrogens is 2. The van der Waals surface area contributed by atoms with Gasteiger partial charge in [0.05, 0.1) is 16.4 Å². The lowest BCUT2D eigenvalue weighted by molar-refractivity contribution is -0.384. The molecule has 3 aromatic rings. The van der Waals surface area contributed by atoms with Crippen molar-refractivity contribution in [3.05, 3.63) is 66.6 Å². The lowest BCUT2D eigenvalue weighted by Crippen LogP contribution is -2.14. The number of nitrogens with zero attached hydrogens (tertiary/aromatic N) is 3. The Kier molecular flexibility index (Phi) is 6.68. The molecule has 0 fully saturated rings. The van der Waals surface area contributed by atoms with E-state index in [-0.39, 0.29) is 22.4 Å². The summed E-state index contributed by atoms with van der Waals surface area (Å²) in [5.74, 6) is -0.264. The van der Waals surface area contributed by atoms with Gasteiger partial charge in [0, 0.05) is 16.8 Å². The highest BCUT2D eigenvalue weighted by molar-refractivity contribution is 8.01. The first-order chi connectivity index (χ1) is 13.3. The van der Waals surface area contributed by atoms with E-state index in [2.05, 4.69) is 10.4 Å². The molecule has 0 bridgehead atoms. The van der Waals surface area contributed by atoms with Crippen LogP contribution in [0.5, 0.6) is 0 Å². The van der Waals surface area contributed by atoms with Gasteiger partial charge >= 0.3 is 0 Å². The van der Waals surface area contributed by atoms with E-state index >= 15 is 0 Å². The van der Waals surface area contributed by atoms with Gasteiger partial charge in [-0.1, -0.05) is 46.3 Å². The van der Waals surface area contributed by atoms with Gasteiger partial charge in [0.2, 0.25) is 5.91 Å². The largest absolute Gasteiger partial charge is 0.325 e. The van der Waals surface area contributed by atoms with Crippen molar-refractivity contribution in [1.82, 2.24) is 9.78 Å². The van der Waals surface area contributed by atoms with Crippen LogP contribution in [-0.2, 0) is 4.79 Å². The van der Waals surface area contributed by atoms with Gasteiger partial charge in [0.25, 0.3) is 5.69 Å².